The van der Waals surface area contributed by atoms with Crippen LogP contribution < -0.4 is 0 Å². The monoisotopic (exact) mass is 347 g/mol. The smallest absolute Gasteiger partial charge is 0.115 e. The number of hydrogen-bond acceptors (Lipinski definition) is 2. The van der Waals surface area contributed by atoms with E-state index in [4.69, 9.17) is 0 Å². The van der Waals surface area contributed by atoms with Gasteiger partial charge < -0.3 is 5.11 Å². The fraction of sp³-hybridized carbons (Fsp3) is 0.458. The number of rotatable bonds is 5. The van der Waals surface area contributed by atoms with E-state index in [9.17, 15) is 10.4 Å². The third kappa shape index (κ3) is 3.93. The molecule has 0 aliphatic heterocycles. The number of phenolic OH excluding ortho intramolecular Hbond substituents is 1. The van der Waals surface area contributed by atoms with Crippen LogP contribution in [-0.2, 0) is 5.41 Å². The Morgan fingerprint density at radius 1 is 1.04 bits per heavy atom. The molecular formula is C24H29NO. The molecule has 0 aromatic heterocycles. The predicted octanol–water partition coefficient (Wildman–Crippen LogP) is 6.45. The molecule has 0 bridgehead atoms. The zero-order chi connectivity index (χ0) is 18.6. The highest BCUT2D eigenvalue weighted by atomic mass is 16.3. The molecule has 1 aliphatic carbocycles. The Morgan fingerprint density at radius 3 is 2.08 bits per heavy atom. The molecule has 1 fully saturated rings. The van der Waals surface area contributed by atoms with Crippen LogP contribution in [0.25, 0.3) is 11.1 Å². The Balaban J connectivity index is 1.73. The summed E-state index contributed by atoms with van der Waals surface area (Å²) < 4.78 is 0. The van der Waals surface area contributed by atoms with Crippen LogP contribution >= 0.6 is 0 Å². The van der Waals surface area contributed by atoms with Crippen molar-refractivity contribution in [3.05, 3.63) is 54.1 Å². The van der Waals surface area contributed by atoms with Gasteiger partial charge in [0.25, 0.3) is 0 Å². The maximum Gasteiger partial charge on any atom is 0.115 e. The van der Waals surface area contributed by atoms with Crippen LogP contribution in [-0.4, -0.2) is 5.11 Å². The predicted molar refractivity (Wildman–Crippen MR) is 107 cm³/mol. The minimum atomic E-state index is -0.320. The summed E-state index contributed by atoms with van der Waals surface area (Å²) in [6, 6.07) is 18.4. The maximum absolute atomic E-state index is 9.95. The molecule has 0 heterocycles. The van der Waals surface area contributed by atoms with E-state index in [-0.39, 0.29) is 11.2 Å². The van der Waals surface area contributed by atoms with Crippen molar-refractivity contribution < 1.29 is 5.11 Å². The summed E-state index contributed by atoms with van der Waals surface area (Å²) in [7, 11) is 0. The number of aromatic hydroxyl groups is 1. The van der Waals surface area contributed by atoms with Gasteiger partial charge in [-0.15, -0.1) is 0 Å². The topological polar surface area (TPSA) is 44.0 Å². The van der Waals surface area contributed by atoms with E-state index in [0.29, 0.717) is 0 Å². The lowest BCUT2D eigenvalue weighted by Gasteiger charge is -2.36. The van der Waals surface area contributed by atoms with Crippen LogP contribution in [0.5, 0.6) is 5.75 Å². The zero-order valence-electron chi connectivity index (χ0n) is 15.9. The Labute approximate surface area is 157 Å². The lowest BCUT2D eigenvalue weighted by atomic mass is 9.66. The molecule has 1 unspecified atom stereocenters. The van der Waals surface area contributed by atoms with Gasteiger partial charge in [-0.3, -0.25) is 0 Å². The van der Waals surface area contributed by atoms with Crippen molar-refractivity contribution in [1.29, 1.82) is 5.26 Å². The van der Waals surface area contributed by atoms with E-state index in [1.165, 1.54) is 12.8 Å². The van der Waals surface area contributed by atoms with E-state index in [0.717, 1.165) is 54.2 Å². The van der Waals surface area contributed by atoms with Gasteiger partial charge in [0.1, 0.15) is 5.75 Å². The molecule has 2 nitrogen and oxygen atoms in total. The molecule has 2 aromatic carbocycles. The minimum absolute atomic E-state index is 0.281. The summed E-state index contributed by atoms with van der Waals surface area (Å²) in [6.45, 7) is 4.61. The second-order valence-corrected chi connectivity index (χ2v) is 8.01. The summed E-state index contributed by atoms with van der Waals surface area (Å²) in [5.74, 6) is 1.85. The highest BCUT2D eigenvalue weighted by molar-refractivity contribution is 5.64. The first kappa shape index (κ1) is 18.5. The molecule has 3 rings (SSSR count). The Bertz CT molecular complexity index is 746. The van der Waals surface area contributed by atoms with Crippen molar-refractivity contribution in [2.45, 2.75) is 57.8 Å². The SMILES string of the molecule is CCC(C)CC1CCC(C#N)(c2ccc(-c3ccc(O)cc3)cc2)CC1. The molecule has 2 aromatic rings. The van der Waals surface area contributed by atoms with E-state index in [1.54, 1.807) is 12.1 Å². The average Bonchev–Trinajstić information content (AvgIpc) is 2.69. The first-order valence-corrected chi connectivity index (χ1v) is 9.87. The fourth-order valence-electron chi connectivity index (χ4n) is 4.24. The molecule has 136 valence electrons. The van der Waals surface area contributed by atoms with Gasteiger partial charge in [-0.05, 0) is 72.8 Å². The van der Waals surface area contributed by atoms with Crippen molar-refractivity contribution in [3.8, 4) is 22.9 Å². The highest BCUT2D eigenvalue weighted by Crippen LogP contribution is 2.43. The largest absolute Gasteiger partial charge is 0.508 e. The number of benzene rings is 2. The van der Waals surface area contributed by atoms with Gasteiger partial charge in [0, 0.05) is 0 Å². The fourth-order valence-corrected chi connectivity index (χ4v) is 4.24. The molecule has 0 spiro atoms. The normalized spacial score (nSPS) is 24.0. The molecule has 1 aliphatic rings. The van der Waals surface area contributed by atoms with Crippen LogP contribution in [0.3, 0.4) is 0 Å². The molecule has 26 heavy (non-hydrogen) atoms. The van der Waals surface area contributed by atoms with E-state index < -0.39 is 0 Å². The van der Waals surface area contributed by atoms with Gasteiger partial charge in [-0.2, -0.15) is 5.26 Å². The van der Waals surface area contributed by atoms with Crippen LogP contribution in [0.15, 0.2) is 48.5 Å². The van der Waals surface area contributed by atoms with Crippen LogP contribution in [0, 0.1) is 23.2 Å². The van der Waals surface area contributed by atoms with E-state index >= 15 is 0 Å². The third-order valence-corrected chi connectivity index (χ3v) is 6.24. The number of nitriles is 1. The quantitative estimate of drug-likeness (QED) is 0.675. The van der Waals surface area contributed by atoms with Crippen molar-refractivity contribution in [3.63, 3.8) is 0 Å². The Kier molecular flexibility index (Phi) is 5.67. The van der Waals surface area contributed by atoms with Crippen LogP contribution in [0.2, 0.25) is 0 Å². The van der Waals surface area contributed by atoms with Gasteiger partial charge in [0.2, 0.25) is 0 Å². The summed E-state index contributed by atoms with van der Waals surface area (Å²) >= 11 is 0. The number of phenols is 1. The Hall–Kier alpha value is -2.27. The summed E-state index contributed by atoms with van der Waals surface area (Å²) in [4.78, 5) is 0. The van der Waals surface area contributed by atoms with E-state index in [1.807, 2.05) is 12.1 Å². The lowest BCUT2D eigenvalue weighted by molar-refractivity contribution is 0.241. The molecule has 1 atom stereocenters. The van der Waals surface area contributed by atoms with Crippen molar-refractivity contribution in [2.24, 2.45) is 11.8 Å². The van der Waals surface area contributed by atoms with Gasteiger partial charge in [0.05, 0.1) is 11.5 Å². The first-order chi connectivity index (χ1) is 12.6. The van der Waals surface area contributed by atoms with Gasteiger partial charge in [0.15, 0.2) is 0 Å². The summed E-state index contributed by atoms with van der Waals surface area (Å²) in [5, 5.41) is 19.4. The van der Waals surface area contributed by atoms with Gasteiger partial charge >= 0.3 is 0 Å². The number of nitrogens with zero attached hydrogens (tertiary/aromatic N) is 1. The van der Waals surface area contributed by atoms with Crippen LogP contribution in [0.1, 0.15) is 57.9 Å². The van der Waals surface area contributed by atoms with Gasteiger partial charge in [-0.25, -0.2) is 0 Å². The van der Waals surface area contributed by atoms with Crippen molar-refractivity contribution >= 4 is 0 Å². The standard InChI is InChI=1S/C24H29NO/c1-3-18(2)16-19-12-14-24(17-25,15-13-19)22-8-4-20(5-9-22)21-6-10-23(26)11-7-21/h4-11,18-19,26H,3,12-16H2,1-2H3. The summed E-state index contributed by atoms with van der Waals surface area (Å²) in [6.07, 6.45) is 6.83. The van der Waals surface area contributed by atoms with Crippen LogP contribution in [0.4, 0.5) is 0 Å². The second kappa shape index (κ2) is 7.96. The molecule has 1 N–H and O–H groups in total. The van der Waals surface area contributed by atoms with Gasteiger partial charge in [-0.1, -0.05) is 56.7 Å². The zero-order valence-corrected chi connectivity index (χ0v) is 15.9. The minimum Gasteiger partial charge on any atom is -0.508 e. The Morgan fingerprint density at radius 2 is 1.58 bits per heavy atom. The third-order valence-electron chi connectivity index (χ3n) is 6.24. The molecule has 2 heteroatoms. The molecule has 1 saturated carbocycles. The first-order valence-electron chi connectivity index (χ1n) is 9.87. The van der Waals surface area contributed by atoms with E-state index in [2.05, 4.69) is 44.2 Å². The van der Waals surface area contributed by atoms with Crippen molar-refractivity contribution in [2.75, 3.05) is 0 Å². The molecule has 0 saturated heterocycles. The second-order valence-electron chi connectivity index (χ2n) is 8.01. The lowest BCUT2D eigenvalue weighted by Crippen LogP contribution is -2.30. The molecule has 0 amide bonds. The number of hydrogen-bond donors (Lipinski definition) is 1. The molecule has 0 radical (unpaired) electrons. The maximum atomic E-state index is 9.95. The average molecular weight is 348 g/mol. The van der Waals surface area contributed by atoms with Crippen molar-refractivity contribution in [1.82, 2.24) is 0 Å². The molecular weight excluding hydrogens is 318 g/mol. The highest BCUT2D eigenvalue weighted by Gasteiger charge is 2.37. The summed E-state index contributed by atoms with van der Waals surface area (Å²) in [5.41, 5.74) is 3.04.